The fourth-order valence-corrected chi connectivity index (χ4v) is 6.31. The van der Waals surface area contributed by atoms with Crippen LogP contribution >= 0.6 is 0 Å². The van der Waals surface area contributed by atoms with Crippen LogP contribution in [0, 0.1) is 12.0 Å². The van der Waals surface area contributed by atoms with Gasteiger partial charge in [-0.15, -0.1) is 4.99 Å². The van der Waals surface area contributed by atoms with E-state index in [1.807, 2.05) is 0 Å². The van der Waals surface area contributed by atoms with Gasteiger partial charge in [0.15, 0.2) is 5.71 Å². The van der Waals surface area contributed by atoms with Gasteiger partial charge in [0.2, 0.25) is 0 Å². The number of carbonyl (C=O) groups is 1. The molecule has 33 heavy (non-hydrogen) atoms. The van der Waals surface area contributed by atoms with E-state index in [4.69, 9.17) is 6.57 Å². The number of rotatable bonds is 5. The van der Waals surface area contributed by atoms with Crippen molar-refractivity contribution in [1.82, 2.24) is 4.90 Å². The molecule has 1 aromatic rings. The average Bonchev–Trinajstić information content (AvgIpc) is 3.44. The first-order chi connectivity index (χ1) is 15.9. The molecule has 172 valence electrons. The molecule has 2 fully saturated rings. The van der Waals surface area contributed by atoms with Gasteiger partial charge in [-0.1, -0.05) is 37.6 Å². The number of hydrogen-bond acceptors (Lipinski definition) is 3. The van der Waals surface area contributed by atoms with Crippen molar-refractivity contribution >= 4 is 22.9 Å². The molecule has 1 aliphatic heterocycles. The molecule has 1 N–H and O–H groups in total. The second-order valence-corrected chi connectivity index (χ2v) is 10.6. The lowest BCUT2D eigenvalue weighted by molar-refractivity contribution is -0.110. The zero-order chi connectivity index (χ0) is 23.1. The molecular formula is C28H34N4O. The van der Waals surface area contributed by atoms with E-state index >= 15 is 0 Å². The van der Waals surface area contributed by atoms with Crippen molar-refractivity contribution in [3.05, 3.63) is 58.7 Å². The van der Waals surface area contributed by atoms with Gasteiger partial charge < -0.3 is 10.2 Å². The minimum absolute atomic E-state index is 0.100. The van der Waals surface area contributed by atoms with Crippen LogP contribution in [0.25, 0.3) is 10.4 Å². The third-order valence-corrected chi connectivity index (χ3v) is 8.66. The van der Waals surface area contributed by atoms with Gasteiger partial charge in [0.05, 0.1) is 0 Å². The van der Waals surface area contributed by atoms with Crippen LogP contribution in [0.2, 0.25) is 0 Å². The fraction of sp³-hybridized carbons (Fsp3) is 0.536. The number of amides is 1. The summed E-state index contributed by atoms with van der Waals surface area (Å²) in [5.74, 6) is 0.110. The summed E-state index contributed by atoms with van der Waals surface area (Å²) in [7, 11) is 4.36. The molecule has 5 heteroatoms. The Labute approximate surface area is 197 Å². The number of carbonyl (C=O) groups excluding carboxylic acids is 1. The monoisotopic (exact) mass is 442 g/mol. The number of nitrogens with one attached hydrogen (secondary N) is 1. The summed E-state index contributed by atoms with van der Waals surface area (Å²) in [5.41, 5.74) is 5.79. The molecule has 0 radical (unpaired) electrons. The summed E-state index contributed by atoms with van der Waals surface area (Å²) in [5, 5.41) is 3.14. The fourth-order valence-electron chi connectivity index (χ4n) is 6.31. The molecule has 1 amide bonds. The van der Waals surface area contributed by atoms with E-state index in [-0.39, 0.29) is 11.4 Å². The molecular weight excluding hydrogens is 408 g/mol. The number of hydrogen-bond donors (Lipinski definition) is 1. The molecule has 0 bridgehead atoms. The summed E-state index contributed by atoms with van der Waals surface area (Å²) >= 11 is 0. The maximum absolute atomic E-state index is 13.0. The average molecular weight is 443 g/mol. The highest BCUT2D eigenvalue weighted by Gasteiger charge is 2.41. The Morgan fingerprint density at radius 3 is 2.45 bits per heavy atom. The van der Waals surface area contributed by atoms with Crippen LogP contribution in [0.3, 0.4) is 0 Å². The molecule has 0 aromatic heterocycles. The minimum Gasteiger partial charge on any atom is -0.361 e. The van der Waals surface area contributed by atoms with Crippen molar-refractivity contribution in [3.63, 3.8) is 0 Å². The van der Waals surface area contributed by atoms with Crippen LogP contribution in [0.1, 0.15) is 81.8 Å². The summed E-state index contributed by atoms with van der Waals surface area (Å²) in [6.45, 7) is 7.14. The highest BCUT2D eigenvalue weighted by Crippen LogP contribution is 2.51. The van der Waals surface area contributed by atoms with Gasteiger partial charge in [-0.05, 0) is 94.1 Å². The van der Waals surface area contributed by atoms with E-state index in [9.17, 15) is 4.79 Å². The predicted octanol–water partition coefficient (Wildman–Crippen LogP) is 6.30. The number of anilines is 1. The third-order valence-electron chi connectivity index (χ3n) is 8.66. The first-order valence-electron chi connectivity index (χ1n) is 12.4. The molecule has 1 aromatic carbocycles. The first kappa shape index (κ1) is 22.1. The normalized spacial score (nSPS) is 22.9. The van der Waals surface area contributed by atoms with E-state index in [0.717, 1.165) is 18.5 Å². The summed E-state index contributed by atoms with van der Waals surface area (Å²) < 4.78 is 0. The van der Waals surface area contributed by atoms with Crippen molar-refractivity contribution < 1.29 is 4.79 Å². The predicted molar refractivity (Wildman–Crippen MR) is 134 cm³/mol. The first-order valence-corrected chi connectivity index (χ1v) is 12.4. The molecule has 1 heterocycles. The Kier molecular flexibility index (Phi) is 5.74. The third kappa shape index (κ3) is 3.95. The Balaban J connectivity index is 1.47. The second kappa shape index (κ2) is 8.57. The lowest BCUT2D eigenvalue weighted by atomic mass is 9.69. The SMILES string of the molecule is [C-]#[N+]C1=CCC(C(=O)Nc2ccc(C3(N(C)C)CCC3)cc2C2=CCC3(CCCC3)CC2)=N1. The van der Waals surface area contributed by atoms with Crippen LogP contribution in [-0.2, 0) is 10.3 Å². The molecule has 5 nitrogen and oxygen atoms in total. The summed E-state index contributed by atoms with van der Waals surface area (Å²) in [4.78, 5) is 22.9. The van der Waals surface area contributed by atoms with Crippen molar-refractivity contribution in [2.45, 2.75) is 76.2 Å². The Hall–Kier alpha value is -2.71. The molecule has 0 unspecified atom stereocenters. The largest absolute Gasteiger partial charge is 0.361 e. The number of aliphatic imine (C=N–C) groups is 1. The van der Waals surface area contributed by atoms with E-state index < -0.39 is 0 Å². The molecule has 2 saturated carbocycles. The standard InChI is InChI=1S/C28H34N4O/c1-29-25-10-9-24(30-25)26(33)31-23-8-7-21(28(32(2)3)15-6-16-28)19-22(23)20-11-17-27(18-12-20)13-4-5-14-27/h7-8,10-11,19H,4-6,9,12-18H2,2-3H3,(H,31,33). The lowest BCUT2D eigenvalue weighted by Crippen LogP contribution is -2.47. The van der Waals surface area contributed by atoms with Crippen LogP contribution < -0.4 is 5.32 Å². The molecule has 1 spiro atoms. The van der Waals surface area contributed by atoms with Crippen LogP contribution in [0.15, 0.2) is 41.2 Å². The summed E-state index contributed by atoms with van der Waals surface area (Å²) in [6.07, 6.45) is 17.1. The van der Waals surface area contributed by atoms with Crippen LogP contribution in [0.4, 0.5) is 5.69 Å². The van der Waals surface area contributed by atoms with Crippen molar-refractivity contribution in [1.29, 1.82) is 0 Å². The minimum atomic E-state index is -0.200. The number of nitrogens with zero attached hydrogens (tertiary/aromatic N) is 3. The topological polar surface area (TPSA) is 49.1 Å². The zero-order valence-electron chi connectivity index (χ0n) is 19.9. The number of allylic oxidation sites excluding steroid dienone is 3. The van der Waals surface area contributed by atoms with Crippen LogP contribution in [-0.4, -0.2) is 30.6 Å². The van der Waals surface area contributed by atoms with Gasteiger partial charge in [0.25, 0.3) is 11.7 Å². The molecule has 5 rings (SSSR count). The Morgan fingerprint density at radius 2 is 1.88 bits per heavy atom. The Morgan fingerprint density at radius 1 is 1.09 bits per heavy atom. The van der Waals surface area contributed by atoms with Crippen molar-refractivity contribution in [2.75, 3.05) is 19.4 Å². The highest BCUT2D eigenvalue weighted by molar-refractivity contribution is 6.44. The van der Waals surface area contributed by atoms with Gasteiger partial charge >= 0.3 is 0 Å². The Bertz CT molecular complexity index is 1090. The smallest absolute Gasteiger partial charge is 0.293 e. The van der Waals surface area contributed by atoms with Crippen molar-refractivity contribution in [2.24, 2.45) is 10.4 Å². The van der Waals surface area contributed by atoms with E-state index in [1.54, 1.807) is 6.08 Å². The second-order valence-electron chi connectivity index (χ2n) is 10.6. The molecule has 0 atom stereocenters. The van der Waals surface area contributed by atoms with Crippen molar-refractivity contribution in [3.8, 4) is 0 Å². The zero-order valence-corrected chi connectivity index (χ0v) is 19.9. The van der Waals surface area contributed by atoms with E-state index in [2.05, 4.69) is 58.4 Å². The van der Waals surface area contributed by atoms with Gasteiger partial charge in [-0.3, -0.25) is 9.69 Å². The molecule has 3 aliphatic carbocycles. The maximum atomic E-state index is 13.0. The van der Waals surface area contributed by atoms with Crippen LogP contribution in [0.5, 0.6) is 0 Å². The van der Waals surface area contributed by atoms with Gasteiger partial charge in [-0.2, -0.15) is 0 Å². The number of benzene rings is 1. The van der Waals surface area contributed by atoms with Gasteiger partial charge in [-0.25, -0.2) is 0 Å². The van der Waals surface area contributed by atoms with E-state index in [0.29, 0.717) is 23.4 Å². The van der Waals surface area contributed by atoms with Gasteiger partial charge in [0.1, 0.15) is 0 Å². The lowest BCUT2D eigenvalue weighted by Gasteiger charge is -2.48. The molecule has 4 aliphatic rings. The van der Waals surface area contributed by atoms with E-state index in [1.165, 1.54) is 68.1 Å². The molecule has 0 saturated heterocycles. The highest BCUT2D eigenvalue weighted by atomic mass is 16.1. The maximum Gasteiger partial charge on any atom is 0.293 e. The van der Waals surface area contributed by atoms with Gasteiger partial charge in [0, 0.05) is 23.2 Å². The quantitative estimate of drug-likeness (QED) is 0.544. The summed E-state index contributed by atoms with van der Waals surface area (Å²) in [6, 6.07) is 6.62.